The quantitative estimate of drug-likeness (QED) is 0.906. The lowest BCUT2D eigenvalue weighted by Gasteiger charge is -2.32. The Bertz CT molecular complexity index is 610. The summed E-state index contributed by atoms with van der Waals surface area (Å²) in [5, 5.41) is 21.7. The minimum absolute atomic E-state index is 0.278. The number of rotatable bonds is 4. The van der Waals surface area contributed by atoms with E-state index >= 15 is 0 Å². The molecular weight excluding hydrogens is 285 g/mol. The monoisotopic (exact) mass is 303 g/mol. The SMILES string of the molecule is OC1(CNc2ccc(-c3ccc(F)cc3)nn2)CCOCC1. The van der Waals surface area contributed by atoms with Gasteiger partial charge in [0, 0.05) is 38.2 Å². The standard InChI is InChI=1S/C16H18FN3O2/c17-13-3-1-12(2-4-13)14-5-6-15(20-19-14)18-11-16(21)7-9-22-10-8-16/h1-6,21H,7-11H2,(H,18,20). The Kier molecular flexibility index (Phi) is 4.31. The minimum atomic E-state index is -0.754. The zero-order chi connectivity index (χ0) is 15.4. The van der Waals surface area contributed by atoms with Crippen LogP contribution >= 0.6 is 0 Å². The highest BCUT2D eigenvalue weighted by atomic mass is 19.1. The fourth-order valence-corrected chi connectivity index (χ4v) is 2.38. The van der Waals surface area contributed by atoms with E-state index in [-0.39, 0.29) is 5.82 Å². The van der Waals surface area contributed by atoms with Crippen LogP contribution in [0.25, 0.3) is 11.3 Å². The normalized spacial score (nSPS) is 17.2. The van der Waals surface area contributed by atoms with Gasteiger partial charge in [0.15, 0.2) is 0 Å². The van der Waals surface area contributed by atoms with Gasteiger partial charge >= 0.3 is 0 Å². The van der Waals surface area contributed by atoms with Crippen molar-refractivity contribution in [3.05, 3.63) is 42.2 Å². The van der Waals surface area contributed by atoms with Crippen molar-refractivity contribution in [2.75, 3.05) is 25.1 Å². The Morgan fingerprint density at radius 2 is 1.82 bits per heavy atom. The van der Waals surface area contributed by atoms with Crippen LogP contribution in [0, 0.1) is 5.82 Å². The number of benzene rings is 1. The molecule has 0 bridgehead atoms. The summed E-state index contributed by atoms with van der Waals surface area (Å²) < 4.78 is 18.1. The van der Waals surface area contributed by atoms with Gasteiger partial charge in [-0.05, 0) is 36.4 Å². The van der Waals surface area contributed by atoms with Crippen LogP contribution < -0.4 is 5.32 Å². The predicted molar refractivity (Wildman–Crippen MR) is 80.9 cm³/mol. The molecule has 1 fully saturated rings. The van der Waals surface area contributed by atoms with E-state index in [0.717, 1.165) is 5.56 Å². The van der Waals surface area contributed by atoms with E-state index in [9.17, 15) is 9.50 Å². The molecule has 2 N–H and O–H groups in total. The second-order valence-corrected chi connectivity index (χ2v) is 5.50. The maximum Gasteiger partial charge on any atom is 0.148 e. The van der Waals surface area contributed by atoms with Gasteiger partial charge in [0.25, 0.3) is 0 Å². The average molecular weight is 303 g/mol. The molecule has 2 heterocycles. The first-order valence-corrected chi connectivity index (χ1v) is 7.28. The molecule has 0 amide bonds. The summed E-state index contributed by atoms with van der Waals surface area (Å²) in [5.41, 5.74) is 0.731. The van der Waals surface area contributed by atoms with E-state index in [1.807, 2.05) is 6.07 Å². The summed E-state index contributed by atoms with van der Waals surface area (Å²) in [6.07, 6.45) is 1.22. The van der Waals surface area contributed by atoms with Gasteiger partial charge in [-0.3, -0.25) is 0 Å². The van der Waals surface area contributed by atoms with Crippen molar-refractivity contribution in [3.8, 4) is 11.3 Å². The highest BCUT2D eigenvalue weighted by molar-refractivity contribution is 5.59. The number of aliphatic hydroxyl groups is 1. The van der Waals surface area contributed by atoms with Gasteiger partial charge in [-0.15, -0.1) is 10.2 Å². The largest absolute Gasteiger partial charge is 0.388 e. The second kappa shape index (κ2) is 6.37. The number of aromatic nitrogens is 2. The third-order valence-corrected chi connectivity index (χ3v) is 3.83. The summed E-state index contributed by atoms with van der Waals surface area (Å²) in [7, 11) is 0. The molecule has 1 saturated heterocycles. The summed E-state index contributed by atoms with van der Waals surface area (Å²) in [6.45, 7) is 1.57. The third kappa shape index (κ3) is 3.58. The van der Waals surface area contributed by atoms with Crippen molar-refractivity contribution in [1.82, 2.24) is 10.2 Å². The molecule has 1 aliphatic rings. The molecule has 3 rings (SSSR count). The summed E-state index contributed by atoms with van der Waals surface area (Å²) in [6, 6.07) is 9.73. The van der Waals surface area contributed by atoms with Crippen LogP contribution in [0.4, 0.5) is 10.2 Å². The Balaban J connectivity index is 1.63. The Hall–Kier alpha value is -2.05. The topological polar surface area (TPSA) is 67.3 Å². The highest BCUT2D eigenvalue weighted by Crippen LogP contribution is 2.21. The van der Waals surface area contributed by atoms with Gasteiger partial charge in [-0.1, -0.05) is 0 Å². The average Bonchev–Trinajstić information content (AvgIpc) is 2.55. The number of nitrogens with one attached hydrogen (secondary N) is 1. The van der Waals surface area contributed by atoms with Crippen molar-refractivity contribution in [2.45, 2.75) is 18.4 Å². The van der Waals surface area contributed by atoms with Crippen molar-refractivity contribution in [3.63, 3.8) is 0 Å². The predicted octanol–water partition coefficient (Wildman–Crippen LogP) is 2.24. The van der Waals surface area contributed by atoms with Crippen LogP contribution in [0.15, 0.2) is 36.4 Å². The van der Waals surface area contributed by atoms with E-state index in [2.05, 4.69) is 15.5 Å². The zero-order valence-corrected chi connectivity index (χ0v) is 12.1. The first-order valence-electron chi connectivity index (χ1n) is 7.28. The van der Waals surface area contributed by atoms with E-state index in [4.69, 9.17) is 4.74 Å². The van der Waals surface area contributed by atoms with Gasteiger partial charge in [0.05, 0.1) is 11.3 Å². The molecule has 0 unspecified atom stereocenters. The van der Waals surface area contributed by atoms with Crippen LogP contribution in [0.2, 0.25) is 0 Å². The number of hydrogen-bond acceptors (Lipinski definition) is 5. The van der Waals surface area contributed by atoms with Crippen LogP contribution in [0.3, 0.4) is 0 Å². The van der Waals surface area contributed by atoms with E-state index in [1.54, 1.807) is 18.2 Å². The van der Waals surface area contributed by atoms with Crippen molar-refractivity contribution >= 4 is 5.82 Å². The van der Waals surface area contributed by atoms with E-state index in [0.29, 0.717) is 44.1 Å². The first kappa shape index (κ1) is 14.9. The maximum absolute atomic E-state index is 12.9. The number of ether oxygens (including phenoxy) is 1. The zero-order valence-electron chi connectivity index (χ0n) is 12.1. The fourth-order valence-electron chi connectivity index (χ4n) is 2.38. The number of nitrogens with zero attached hydrogens (tertiary/aromatic N) is 2. The maximum atomic E-state index is 12.9. The van der Waals surface area contributed by atoms with Crippen molar-refractivity contribution in [1.29, 1.82) is 0 Å². The van der Waals surface area contributed by atoms with Gasteiger partial charge in [-0.25, -0.2) is 4.39 Å². The van der Waals surface area contributed by atoms with E-state index < -0.39 is 5.60 Å². The van der Waals surface area contributed by atoms with Crippen LogP contribution in [0.5, 0.6) is 0 Å². The Labute approximate surface area is 128 Å². The molecule has 6 heteroatoms. The molecule has 0 radical (unpaired) electrons. The lowest BCUT2D eigenvalue weighted by Crippen LogP contribution is -2.42. The van der Waals surface area contributed by atoms with E-state index in [1.165, 1.54) is 12.1 Å². The fraction of sp³-hybridized carbons (Fsp3) is 0.375. The molecule has 2 aromatic rings. The first-order chi connectivity index (χ1) is 10.6. The van der Waals surface area contributed by atoms with Crippen LogP contribution in [-0.2, 0) is 4.74 Å². The molecule has 1 aromatic heterocycles. The minimum Gasteiger partial charge on any atom is -0.388 e. The molecule has 1 aliphatic heterocycles. The summed E-state index contributed by atoms with van der Waals surface area (Å²) >= 11 is 0. The van der Waals surface area contributed by atoms with Crippen molar-refractivity contribution < 1.29 is 14.2 Å². The smallest absolute Gasteiger partial charge is 0.148 e. The molecule has 5 nitrogen and oxygen atoms in total. The lowest BCUT2D eigenvalue weighted by molar-refractivity contribution is -0.0543. The number of hydrogen-bond donors (Lipinski definition) is 2. The van der Waals surface area contributed by atoms with Crippen LogP contribution in [-0.4, -0.2) is 40.7 Å². The highest BCUT2D eigenvalue weighted by Gasteiger charge is 2.29. The van der Waals surface area contributed by atoms with Gasteiger partial charge < -0.3 is 15.2 Å². The number of halogens is 1. The Morgan fingerprint density at radius 3 is 2.45 bits per heavy atom. The molecule has 22 heavy (non-hydrogen) atoms. The number of anilines is 1. The van der Waals surface area contributed by atoms with Gasteiger partial charge in [-0.2, -0.15) is 0 Å². The molecule has 0 atom stereocenters. The molecular formula is C16H18FN3O2. The molecule has 0 spiro atoms. The second-order valence-electron chi connectivity index (χ2n) is 5.50. The third-order valence-electron chi connectivity index (χ3n) is 3.83. The summed E-state index contributed by atoms with van der Waals surface area (Å²) in [5.74, 6) is 0.325. The Morgan fingerprint density at radius 1 is 1.09 bits per heavy atom. The van der Waals surface area contributed by atoms with Gasteiger partial charge in [0.2, 0.25) is 0 Å². The van der Waals surface area contributed by atoms with Crippen molar-refractivity contribution in [2.24, 2.45) is 0 Å². The molecule has 0 saturated carbocycles. The molecule has 0 aliphatic carbocycles. The molecule has 116 valence electrons. The molecule has 1 aromatic carbocycles. The lowest BCUT2D eigenvalue weighted by atomic mass is 9.94. The summed E-state index contributed by atoms with van der Waals surface area (Å²) in [4.78, 5) is 0. The van der Waals surface area contributed by atoms with Crippen LogP contribution in [0.1, 0.15) is 12.8 Å². The van der Waals surface area contributed by atoms with Gasteiger partial charge in [0.1, 0.15) is 11.6 Å².